The van der Waals surface area contributed by atoms with E-state index in [1.807, 2.05) is 70.2 Å². The average Bonchev–Trinajstić information content (AvgIpc) is 2.86. The third-order valence-corrected chi connectivity index (χ3v) is 7.02. The van der Waals surface area contributed by atoms with Gasteiger partial charge in [0.05, 0.1) is 6.42 Å². The lowest BCUT2D eigenvalue weighted by atomic mass is 9.94. The summed E-state index contributed by atoms with van der Waals surface area (Å²) in [6.07, 6.45) is 0.0800. The summed E-state index contributed by atoms with van der Waals surface area (Å²) in [6.45, 7) is 16.9. The van der Waals surface area contributed by atoms with Gasteiger partial charge in [-0.2, -0.15) is 0 Å². The van der Waals surface area contributed by atoms with E-state index in [1.54, 1.807) is 20.8 Å². The molecule has 9 heteroatoms. The number of rotatable bonds is 12. The molecule has 4 N–H and O–H groups in total. The van der Waals surface area contributed by atoms with Gasteiger partial charge in [-0.1, -0.05) is 56.3 Å². The number of benzene rings is 2. The van der Waals surface area contributed by atoms with Crippen LogP contribution in [0.15, 0.2) is 42.5 Å². The van der Waals surface area contributed by atoms with Crippen LogP contribution in [0.5, 0.6) is 0 Å². The standard InChI is InChI=1S/C33H48N4O5/c1-20(2)17-18-24(6)37(31(40)26(19-27(34)38)35-32(41)42-33(7,8)9)29(25-16-11-10-13-21(25)3)30(39)36-28-22(4)14-12-15-23(28)5/h10-16,20,24,26,29H,17-19H2,1-9H3,(H2,34,38)(H,35,41)(H,36,39). The predicted molar refractivity (Wildman–Crippen MR) is 166 cm³/mol. The normalized spacial score (nSPS) is 13.6. The zero-order valence-corrected chi connectivity index (χ0v) is 26.5. The van der Waals surface area contributed by atoms with Crippen molar-refractivity contribution in [3.05, 3.63) is 64.7 Å². The Labute approximate surface area is 250 Å². The fourth-order valence-corrected chi connectivity index (χ4v) is 4.86. The number of hydrogen-bond acceptors (Lipinski definition) is 5. The Bertz CT molecular complexity index is 1250. The van der Waals surface area contributed by atoms with Crippen molar-refractivity contribution in [2.75, 3.05) is 5.32 Å². The quantitative estimate of drug-likeness (QED) is 0.296. The van der Waals surface area contributed by atoms with Gasteiger partial charge in [-0.05, 0) is 89.5 Å². The maximum absolute atomic E-state index is 14.5. The molecule has 42 heavy (non-hydrogen) atoms. The summed E-state index contributed by atoms with van der Waals surface area (Å²) in [7, 11) is 0. The number of carbonyl (C=O) groups is 4. The minimum absolute atomic E-state index is 0.353. The number of para-hydroxylation sites is 1. The molecule has 230 valence electrons. The van der Waals surface area contributed by atoms with Crippen LogP contribution >= 0.6 is 0 Å². The minimum Gasteiger partial charge on any atom is -0.444 e. The molecule has 3 atom stereocenters. The van der Waals surface area contributed by atoms with Crippen molar-refractivity contribution in [2.45, 2.75) is 105 Å². The number of alkyl carbamates (subject to hydrolysis) is 1. The first-order chi connectivity index (χ1) is 19.5. The number of amides is 4. The van der Waals surface area contributed by atoms with E-state index in [-0.39, 0.29) is 0 Å². The van der Waals surface area contributed by atoms with E-state index in [0.717, 1.165) is 23.1 Å². The number of carbonyl (C=O) groups excluding carboxylic acids is 4. The Balaban J connectivity index is 2.69. The molecule has 0 aliphatic carbocycles. The van der Waals surface area contributed by atoms with Gasteiger partial charge in [0.2, 0.25) is 11.8 Å². The monoisotopic (exact) mass is 580 g/mol. The van der Waals surface area contributed by atoms with Crippen LogP contribution in [0.25, 0.3) is 0 Å². The van der Waals surface area contributed by atoms with Gasteiger partial charge in [0.1, 0.15) is 17.7 Å². The molecule has 4 amide bonds. The number of aryl methyl sites for hydroxylation is 3. The topological polar surface area (TPSA) is 131 Å². The van der Waals surface area contributed by atoms with Crippen LogP contribution in [0.3, 0.4) is 0 Å². The maximum atomic E-state index is 14.5. The molecule has 2 aromatic rings. The molecule has 0 aliphatic heterocycles. The smallest absolute Gasteiger partial charge is 0.408 e. The number of nitrogens with two attached hydrogens (primary N) is 1. The zero-order chi connectivity index (χ0) is 31.8. The van der Waals surface area contributed by atoms with Crippen molar-refractivity contribution in [3.8, 4) is 0 Å². The lowest BCUT2D eigenvalue weighted by molar-refractivity contribution is -0.144. The average molecular weight is 581 g/mol. The van der Waals surface area contributed by atoms with Crippen LogP contribution in [0.1, 0.15) is 89.1 Å². The Hall–Kier alpha value is -3.88. The Morgan fingerprint density at radius 2 is 1.45 bits per heavy atom. The summed E-state index contributed by atoms with van der Waals surface area (Å²) >= 11 is 0. The summed E-state index contributed by atoms with van der Waals surface area (Å²) in [6, 6.07) is 10.3. The summed E-state index contributed by atoms with van der Waals surface area (Å²) in [5.41, 5.74) is 8.60. The lowest BCUT2D eigenvalue weighted by Crippen LogP contribution is -2.56. The van der Waals surface area contributed by atoms with E-state index < -0.39 is 54.0 Å². The first-order valence-electron chi connectivity index (χ1n) is 14.5. The van der Waals surface area contributed by atoms with Crippen LogP contribution in [0, 0.1) is 26.7 Å². The number of hydrogen-bond donors (Lipinski definition) is 3. The number of anilines is 1. The molecule has 2 rings (SSSR count). The Morgan fingerprint density at radius 3 is 1.98 bits per heavy atom. The van der Waals surface area contributed by atoms with E-state index >= 15 is 0 Å². The summed E-state index contributed by atoms with van der Waals surface area (Å²) < 4.78 is 5.38. The molecule has 9 nitrogen and oxygen atoms in total. The molecule has 0 heterocycles. The molecule has 3 unspecified atom stereocenters. The maximum Gasteiger partial charge on any atom is 0.408 e. The molecular weight excluding hydrogens is 532 g/mol. The molecule has 0 bridgehead atoms. The lowest BCUT2D eigenvalue weighted by Gasteiger charge is -2.39. The van der Waals surface area contributed by atoms with Crippen molar-refractivity contribution in [1.82, 2.24) is 10.2 Å². The van der Waals surface area contributed by atoms with E-state index in [0.29, 0.717) is 23.6 Å². The molecule has 0 aliphatic rings. The molecule has 2 aromatic carbocycles. The molecule has 0 saturated carbocycles. The van der Waals surface area contributed by atoms with Crippen molar-refractivity contribution in [3.63, 3.8) is 0 Å². The molecule has 0 fully saturated rings. The third kappa shape index (κ3) is 9.89. The van der Waals surface area contributed by atoms with Crippen LogP contribution in [0.4, 0.5) is 10.5 Å². The van der Waals surface area contributed by atoms with Crippen molar-refractivity contribution < 1.29 is 23.9 Å². The number of primary amides is 1. The van der Waals surface area contributed by atoms with E-state index in [4.69, 9.17) is 10.5 Å². The molecule has 0 spiro atoms. The summed E-state index contributed by atoms with van der Waals surface area (Å²) in [5, 5.41) is 5.62. The molecule has 0 radical (unpaired) electrons. The molecular formula is C33H48N4O5. The van der Waals surface area contributed by atoms with Crippen LogP contribution < -0.4 is 16.4 Å². The highest BCUT2D eigenvalue weighted by atomic mass is 16.6. The summed E-state index contributed by atoms with van der Waals surface area (Å²) in [5.74, 6) is -1.42. The van der Waals surface area contributed by atoms with Crippen LogP contribution in [-0.2, 0) is 19.1 Å². The fourth-order valence-electron chi connectivity index (χ4n) is 4.86. The van der Waals surface area contributed by atoms with Crippen LogP contribution in [0.2, 0.25) is 0 Å². The van der Waals surface area contributed by atoms with Gasteiger partial charge in [-0.3, -0.25) is 14.4 Å². The van der Waals surface area contributed by atoms with Crippen LogP contribution in [-0.4, -0.2) is 46.4 Å². The van der Waals surface area contributed by atoms with Crippen molar-refractivity contribution in [1.29, 1.82) is 0 Å². The molecule has 0 saturated heterocycles. The Kier molecular flexibility index (Phi) is 12.1. The first kappa shape index (κ1) is 34.3. The highest BCUT2D eigenvalue weighted by Gasteiger charge is 2.40. The third-order valence-electron chi connectivity index (χ3n) is 7.02. The highest BCUT2D eigenvalue weighted by molar-refractivity contribution is 6.00. The van der Waals surface area contributed by atoms with Gasteiger partial charge >= 0.3 is 6.09 Å². The molecule has 0 aromatic heterocycles. The van der Waals surface area contributed by atoms with Crippen molar-refractivity contribution >= 4 is 29.5 Å². The SMILES string of the molecule is Cc1ccccc1C(C(=O)Nc1c(C)cccc1C)N(C(=O)C(CC(N)=O)NC(=O)OC(C)(C)C)C(C)CCC(C)C. The summed E-state index contributed by atoms with van der Waals surface area (Å²) in [4.78, 5) is 55.1. The van der Waals surface area contributed by atoms with E-state index in [2.05, 4.69) is 24.5 Å². The second-order valence-electron chi connectivity index (χ2n) is 12.5. The first-order valence-corrected chi connectivity index (χ1v) is 14.5. The fraction of sp³-hybridized carbons (Fsp3) is 0.515. The van der Waals surface area contributed by atoms with Gasteiger partial charge < -0.3 is 26.0 Å². The van der Waals surface area contributed by atoms with Crippen molar-refractivity contribution in [2.24, 2.45) is 11.7 Å². The zero-order valence-electron chi connectivity index (χ0n) is 26.5. The largest absolute Gasteiger partial charge is 0.444 e. The minimum atomic E-state index is -1.33. The van der Waals surface area contributed by atoms with Gasteiger partial charge in [-0.25, -0.2) is 4.79 Å². The van der Waals surface area contributed by atoms with Gasteiger partial charge in [0.15, 0.2) is 0 Å². The number of nitrogens with zero attached hydrogens (tertiary/aromatic N) is 1. The van der Waals surface area contributed by atoms with E-state index in [1.165, 1.54) is 4.90 Å². The number of ether oxygens (including phenoxy) is 1. The van der Waals surface area contributed by atoms with Gasteiger partial charge in [0, 0.05) is 11.7 Å². The Morgan fingerprint density at radius 1 is 0.881 bits per heavy atom. The van der Waals surface area contributed by atoms with Gasteiger partial charge in [0.25, 0.3) is 5.91 Å². The second kappa shape index (κ2) is 14.8. The van der Waals surface area contributed by atoms with Gasteiger partial charge in [-0.15, -0.1) is 0 Å². The van der Waals surface area contributed by atoms with E-state index in [9.17, 15) is 19.2 Å². The highest BCUT2D eigenvalue weighted by Crippen LogP contribution is 2.32. The predicted octanol–water partition coefficient (Wildman–Crippen LogP) is 5.71. The number of nitrogens with one attached hydrogen (secondary N) is 2. The second-order valence-corrected chi connectivity index (χ2v) is 12.5.